The van der Waals surface area contributed by atoms with E-state index in [1.807, 2.05) is 48.5 Å². The second-order valence-electron chi connectivity index (χ2n) is 4.77. The van der Waals surface area contributed by atoms with Gasteiger partial charge in [0.15, 0.2) is 0 Å². The summed E-state index contributed by atoms with van der Waals surface area (Å²) in [6, 6.07) is 15.3. The van der Waals surface area contributed by atoms with Gasteiger partial charge in [-0.1, -0.05) is 30.3 Å². The topological polar surface area (TPSA) is 64.3 Å². The van der Waals surface area contributed by atoms with Crippen LogP contribution in [0.2, 0.25) is 0 Å². The molecule has 0 fully saturated rings. The van der Waals surface area contributed by atoms with E-state index >= 15 is 0 Å². The molecular weight excluding hydrogens is 264 g/mol. The Labute approximate surface area is 124 Å². The fourth-order valence-corrected chi connectivity index (χ4v) is 2.15. The maximum atomic E-state index is 12.1. The smallest absolute Gasteiger partial charge is 0.228 e. The zero-order valence-electron chi connectivity index (χ0n) is 12.1. The summed E-state index contributed by atoms with van der Waals surface area (Å²) in [7, 11) is 1.60. The van der Waals surface area contributed by atoms with Gasteiger partial charge in [0.1, 0.15) is 5.75 Å². The van der Waals surface area contributed by atoms with Gasteiger partial charge in [-0.3, -0.25) is 4.79 Å². The van der Waals surface area contributed by atoms with Crippen molar-refractivity contribution in [3.8, 4) is 5.75 Å². The van der Waals surface area contributed by atoms with Gasteiger partial charge in [0.2, 0.25) is 5.91 Å². The van der Waals surface area contributed by atoms with E-state index in [1.54, 1.807) is 7.11 Å². The number of nitrogens with one attached hydrogen (secondary N) is 1. The van der Waals surface area contributed by atoms with Gasteiger partial charge < -0.3 is 15.8 Å². The number of benzene rings is 2. The number of anilines is 1. The summed E-state index contributed by atoms with van der Waals surface area (Å²) in [6.07, 6.45) is 1.13. The number of rotatable bonds is 6. The summed E-state index contributed by atoms with van der Waals surface area (Å²) in [6.45, 7) is 0.625. The first kappa shape index (κ1) is 15.1. The Hall–Kier alpha value is -2.33. The first-order chi connectivity index (χ1) is 10.2. The van der Waals surface area contributed by atoms with Crippen LogP contribution in [0.25, 0.3) is 0 Å². The Kier molecular flexibility index (Phi) is 5.35. The van der Waals surface area contributed by atoms with Crippen molar-refractivity contribution in [3.63, 3.8) is 0 Å². The SMILES string of the molecule is COc1ccccc1CC(=O)Nc1ccc(CCN)cc1. The Balaban J connectivity index is 1.98. The van der Waals surface area contributed by atoms with Crippen LogP contribution in [0.5, 0.6) is 5.75 Å². The Bertz CT molecular complexity index is 594. The molecule has 0 aliphatic carbocycles. The lowest BCUT2D eigenvalue weighted by Crippen LogP contribution is -2.15. The first-order valence-corrected chi connectivity index (χ1v) is 6.93. The lowest BCUT2D eigenvalue weighted by Gasteiger charge is -2.09. The fourth-order valence-electron chi connectivity index (χ4n) is 2.15. The summed E-state index contributed by atoms with van der Waals surface area (Å²) in [5.41, 5.74) is 8.34. The highest BCUT2D eigenvalue weighted by Crippen LogP contribution is 2.18. The molecule has 0 heterocycles. The number of para-hydroxylation sites is 1. The largest absolute Gasteiger partial charge is 0.496 e. The van der Waals surface area contributed by atoms with Crippen molar-refractivity contribution in [2.24, 2.45) is 5.73 Å². The minimum Gasteiger partial charge on any atom is -0.496 e. The zero-order chi connectivity index (χ0) is 15.1. The van der Waals surface area contributed by atoms with Crippen LogP contribution in [0, 0.1) is 0 Å². The van der Waals surface area contributed by atoms with Crippen LogP contribution in [0.15, 0.2) is 48.5 Å². The zero-order valence-corrected chi connectivity index (χ0v) is 12.1. The number of carbonyl (C=O) groups is 1. The van der Waals surface area contributed by atoms with Crippen molar-refractivity contribution in [3.05, 3.63) is 59.7 Å². The molecule has 0 aromatic heterocycles. The lowest BCUT2D eigenvalue weighted by molar-refractivity contribution is -0.115. The minimum atomic E-state index is -0.0638. The van der Waals surface area contributed by atoms with Crippen LogP contribution >= 0.6 is 0 Å². The van der Waals surface area contributed by atoms with Crippen molar-refractivity contribution in [1.29, 1.82) is 0 Å². The predicted octanol–water partition coefficient (Wildman–Crippen LogP) is 2.38. The van der Waals surface area contributed by atoms with Crippen molar-refractivity contribution in [2.75, 3.05) is 19.0 Å². The maximum absolute atomic E-state index is 12.1. The van der Waals surface area contributed by atoms with Gasteiger partial charge in [0.25, 0.3) is 0 Å². The molecule has 3 N–H and O–H groups in total. The van der Waals surface area contributed by atoms with E-state index in [9.17, 15) is 4.79 Å². The van der Waals surface area contributed by atoms with E-state index in [0.717, 1.165) is 23.4 Å². The second-order valence-corrected chi connectivity index (χ2v) is 4.77. The van der Waals surface area contributed by atoms with E-state index in [0.29, 0.717) is 6.54 Å². The van der Waals surface area contributed by atoms with Gasteiger partial charge in [-0.2, -0.15) is 0 Å². The van der Waals surface area contributed by atoms with Crippen molar-refractivity contribution in [2.45, 2.75) is 12.8 Å². The third kappa shape index (κ3) is 4.33. The summed E-state index contributed by atoms with van der Waals surface area (Å²) >= 11 is 0. The molecular formula is C17H20N2O2. The first-order valence-electron chi connectivity index (χ1n) is 6.93. The standard InChI is InChI=1S/C17H20N2O2/c1-21-16-5-3-2-4-14(16)12-17(20)19-15-8-6-13(7-9-15)10-11-18/h2-9H,10-12,18H2,1H3,(H,19,20). The Morgan fingerprint density at radius 2 is 1.86 bits per heavy atom. The van der Waals surface area contributed by atoms with Crippen LogP contribution in [-0.2, 0) is 17.6 Å². The highest BCUT2D eigenvalue weighted by Gasteiger charge is 2.08. The number of amides is 1. The van der Waals surface area contributed by atoms with Crippen molar-refractivity contribution < 1.29 is 9.53 Å². The van der Waals surface area contributed by atoms with Crippen LogP contribution in [0.3, 0.4) is 0 Å². The second kappa shape index (κ2) is 7.45. The molecule has 0 saturated heterocycles. The normalized spacial score (nSPS) is 10.2. The number of carbonyl (C=O) groups excluding carboxylic acids is 1. The van der Waals surface area contributed by atoms with Crippen LogP contribution < -0.4 is 15.8 Å². The molecule has 21 heavy (non-hydrogen) atoms. The average Bonchev–Trinajstić information content (AvgIpc) is 2.50. The molecule has 0 radical (unpaired) electrons. The molecule has 0 aliphatic heterocycles. The van der Waals surface area contributed by atoms with Gasteiger partial charge in [-0.05, 0) is 36.7 Å². The molecule has 0 bridgehead atoms. The van der Waals surface area contributed by atoms with Gasteiger partial charge >= 0.3 is 0 Å². The van der Waals surface area contributed by atoms with E-state index in [1.165, 1.54) is 5.56 Å². The molecule has 2 rings (SSSR count). The Morgan fingerprint density at radius 1 is 1.14 bits per heavy atom. The molecule has 0 atom stereocenters. The molecule has 2 aromatic rings. The number of methoxy groups -OCH3 is 1. The quantitative estimate of drug-likeness (QED) is 0.856. The number of hydrogen-bond acceptors (Lipinski definition) is 3. The monoisotopic (exact) mass is 284 g/mol. The third-order valence-electron chi connectivity index (χ3n) is 3.21. The summed E-state index contributed by atoms with van der Waals surface area (Å²) in [5.74, 6) is 0.664. The van der Waals surface area contributed by atoms with Crippen LogP contribution in [-0.4, -0.2) is 19.6 Å². The molecule has 0 spiro atoms. The van der Waals surface area contributed by atoms with Crippen LogP contribution in [0.4, 0.5) is 5.69 Å². The molecule has 1 amide bonds. The highest BCUT2D eigenvalue weighted by molar-refractivity contribution is 5.92. The molecule has 4 heteroatoms. The molecule has 110 valence electrons. The molecule has 2 aromatic carbocycles. The van der Waals surface area contributed by atoms with Gasteiger partial charge in [-0.25, -0.2) is 0 Å². The summed E-state index contributed by atoms with van der Waals surface area (Å²) in [4.78, 5) is 12.1. The van der Waals surface area contributed by atoms with E-state index in [2.05, 4.69) is 5.32 Å². The van der Waals surface area contributed by atoms with Gasteiger partial charge in [0.05, 0.1) is 13.5 Å². The van der Waals surface area contributed by atoms with Crippen molar-refractivity contribution in [1.82, 2.24) is 0 Å². The molecule has 0 unspecified atom stereocenters. The minimum absolute atomic E-state index is 0.0638. The molecule has 0 saturated carbocycles. The summed E-state index contributed by atoms with van der Waals surface area (Å²) in [5, 5.41) is 2.89. The summed E-state index contributed by atoms with van der Waals surface area (Å²) < 4.78 is 5.25. The number of hydrogen-bond donors (Lipinski definition) is 2. The average molecular weight is 284 g/mol. The predicted molar refractivity (Wildman–Crippen MR) is 84.5 cm³/mol. The fraction of sp³-hybridized carbons (Fsp3) is 0.235. The Morgan fingerprint density at radius 3 is 2.52 bits per heavy atom. The highest BCUT2D eigenvalue weighted by atomic mass is 16.5. The van der Waals surface area contributed by atoms with Gasteiger partial charge in [0, 0.05) is 11.3 Å². The van der Waals surface area contributed by atoms with E-state index < -0.39 is 0 Å². The number of ether oxygens (including phenoxy) is 1. The molecule has 4 nitrogen and oxygen atoms in total. The maximum Gasteiger partial charge on any atom is 0.228 e. The molecule has 0 aliphatic rings. The lowest BCUT2D eigenvalue weighted by atomic mass is 10.1. The van der Waals surface area contributed by atoms with Crippen molar-refractivity contribution >= 4 is 11.6 Å². The van der Waals surface area contributed by atoms with Crippen LogP contribution in [0.1, 0.15) is 11.1 Å². The van der Waals surface area contributed by atoms with E-state index in [4.69, 9.17) is 10.5 Å². The van der Waals surface area contributed by atoms with E-state index in [-0.39, 0.29) is 12.3 Å². The number of nitrogens with two attached hydrogens (primary N) is 1. The third-order valence-corrected chi connectivity index (χ3v) is 3.21. The van der Waals surface area contributed by atoms with Gasteiger partial charge in [-0.15, -0.1) is 0 Å².